The number of nitrogen functional groups attached to an aromatic ring is 1. The monoisotopic (exact) mass is 240 g/mol. The second-order valence-electron chi connectivity index (χ2n) is 4.56. The van der Waals surface area contributed by atoms with E-state index < -0.39 is 0 Å². The summed E-state index contributed by atoms with van der Waals surface area (Å²) in [6.45, 7) is 9.62. The van der Waals surface area contributed by atoms with Crippen LogP contribution in [0.25, 0.3) is 0 Å². The molecule has 0 aromatic heterocycles. The second kappa shape index (κ2) is 6.12. The first-order valence-corrected chi connectivity index (χ1v) is 6.17. The molecule has 2 N–H and O–H groups in total. The molecule has 1 aromatic rings. The minimum atomic E-state index is 0.667. The van der Waals surface area contributed by atoms with Gasteiger partial charge in [0.05, 0.1) is 0 Å². The van der Waals surface area contributed by atoms with Crippen molar-refractivity contribution in [3.63, 3.8) is 0 Å². The fraction of sp³-hybridized carbons (Fsp3) is 0.538. The molecule has 16 heavy (non-hydrogen) atoms. The largest absolute Gasteiger partial charge is 0.398 e. The molecule has 0 aliphatic heterocycles. The van der Waals surface area contributed by atoms with Gasteiger partial charge in [-0.05, 0) is 36.2 Å². The summed E-state index contributed by atoms with van der Waals surface area (Å²) in [4.78, 5) is 2.38. The molecule has 0 saturated heterocycles. The van der Waals surface area contributed by atoms with Crippen LogP contribution in [0.1, 0.15) is 26.3 Å². The molecule has 3 heteroatoms. The lowest BCUT2D eigenvalue weighted by Crippen LogP contribution is -2.27. The number of nitrogens with zero attached hydrogens (tertiary/aromatic N) is 1. The van der Waals surface area contributed by atoms with E-state index >= 15 is 0 Å². The van der Waals surface area contributed by atoms with Gasteiger partial charge in [0, 0.05) is 23.8 Å². The predicted molar refractivity (Wildman–Crippen MR) is 71.7 cm³/mol. The Morgan fingerprint density at radius 3 is 2.62 bits per heavy atom. The van der Waals surface area contributed by atoms with E-state index in [2.05, 4.69) is 25.7 Å². The van der Waals surface area contributed by atoms with Crippen LogP contribution in [0.4, 0.5) is 5.69 Å². The van der Waals surface area contributed by atoms with Crippen LogP contribution in [-0.4, -0.2) is 18.0 Å². The highest BCUT2D eigenvalue weighted by Crippen LogP contribution is 2.19. The van der Waals surface area contributed by atoms with E-state index in [0.29, 0.717) is 5.92 Å². The molecule has 0 aliphatic rings. The Morgan fingerprint density at radius 2 is 2.06 bits per heavy atom. The molecular formula is C13H21ClN2. The minimum Gasteiger partial charge on any atom is -0.398 e. The number of benzene rings is 1. The Labute approximate surface area is 103 Å². The molecule has 0 fully saturated rings. The van der Waals surface area contributed by atoms with Crippen molar-refractivity contribution in [2.45, 2.75) is 27.3 Å². The summed E-state index contributed by atoms with van der Waals surface area (Å²) in [5.41, 5.74) is 7.88. The zero-order valence-electron chi connectivity index (χ0n) is 10.3. The topological polar surface area (TPSA) is 29.3 Å². The second-order valence-corrected chi connectivity index (χ2v) is 5.00. The zero-order valence-corrected chi connectivity index (χ0v) is 11.1. The van der Waals surface area contributed by atoms with Gasteiger partial charge in [0.2, 0.25) is 0 Å². The molecule has 0 radical (unpaired) electrons. The average molecular weight is 241 g/mol. The highest BCUT2D eigenvalue weighted by Gasteiger charge is 2.08. The van der Waals surface area contributed by atoms with Crippen LogP contribution < -0.4 is 5.73 Å². The number of rotatable bonds is 5. The number of hydrogen-bond donors (Lipinski definition) is 1. The van der Waals surface area contributed by atoms with E-state index in [0.717, 1.165) is 35.9 Å². The Kier molecular flexibility index (Phi) is 5.10. The van der Waals surface area contributed by atoms with Crippen LogP contribution in [0.3, 0.4) is 0 Å². The molecule has 0 aliphatic carbocycles. The van der Waals surface area contributed by atoms with Crippen molar-refractivity contribution in [3.05, 3.63) is 28.8 Å². The summed E-state index contributed by atoms with van der Waals surface area (Å²) >= 11 is 5.98. The highest BCUT2D eigenvalue weighted by atomic mass is 35.5. The van der Waals surface area contributed by atoms with Gasteiger partial charge in [-0.3, -0.25) is 4.90 Å². The van der Waals surface area contributed by atoms with Gasteiger partial charge < -0.3 is 5.73 Å². The van der Waals surface area contributed by atoms with Crippen molar-refractivity contribution in [2.24, 2.45) is 5.92 Å². The Morgan fingerprint density at radius 1 is 1.38 bits per heavy atom. The summed E-state index contributed by atoms with van der Waals surface area (Å²) in [5.74, 6) is 0.667. The third-order valence-corrected chi connectivity index (χ3v) is 2.80. The molecule has 2 nitrogen and oxygen atoms in total. The third kappa shape index (κ3) is 4.03. The number of anilines is 1. The molecule has 0 amide bonds. The van der Waals surface area contributed by atoms with Gasteiger partial charge in [0.15, 0.2) is 0 Å². The number of halogens is 1. The molecule has 1 rings (SSSR count). The van der Waals surface area contributed by atoms with Crippen LogP contribution >= 0.6 is 11.6 Å². The van der Waals surface area contributed by atoms with Crippen LogP contribution in [0, 0.1) is 5.92 Å². The van der Waals surface area contributed by atoms with Gasteiger partial charge in [0.25, 0.3) is 0 Å². The maximum Gasteiger partial charge on any atom is 0.0410 e. The smallest absolute Gasteiger partial charge is 0.0410 e. The lowest BCUT2D eigenvalue weighted by Gasteiger charge is -2.23. The molecular weight excluding hydrogens is 220 g/mol. The molecule has 0 spiro atoms. The summed E-state index contributed by atoms with van der Waals surface area (Å²) in [6.07, 6.45) is 0. The quantitative estimate of drug-likeness (QED) is 0.800. The standard InChI is InChI=1S/C13H21ClN2/c1-4-16(8-10(2)3)9-11-7-12(14)5-6-13(11)15/h5-7,10H,4,8-9,15H2,1-3H3. The van der Waals surface area contributed by atoms with E-state index in [1.54, 1.807) is 0 Å². The van der Waals surface area contributed by atoms with Gasteiger partial charge in [-0.15, -0.1) is 0 Å². The molecule has 0 heterocycles. The van der Waals surface area contributed by atoms with Crippen molar-refractivity contribution >= 4 is 17.3 Å². The SMILES string of the molecule is CCN(Cc1cc(Cl)ccc1N)CC(C)C. The number of hydrogen-bond acceptors (Lipinski definition) is 2. The highest BCUT2D eigenvalue weighted by molar-refractivity contribution is 6.30. The lowest BCUT2D eigenvalue weighted by molar-refractivity contribution is 0.249. The predicted octanol–water partition coefficient (Wildman–Crippen LogP) is 3.40. The van der Waals surface area contributed by atoms with E-state index in [4.69, 9.17) is 17.3 Å². The van der Waals surface area contributed by atoms with Gasteiger partial charge in [-0.1, -0.05) is 32.4 Å². The van der Waals surface area contributed by atoms with E-state index in [1.165, 1.54) is 0 Å². The average Bonchev–Trinajstić information content (AvgIpc) is 2.21. The Bertz CT molecular complexity index is 337. The fourth-order valence-electron chi connectivity index (χ4n) is 1.77. The van der Waals surface area contributed by atoms with Gasteiger partial charge in [-0.2, -0.15) is 0 Å². The molecule has 0 bridgehead atoms. The van der Waals surface area contributed by atoms with Crippen LogP contribution in [0.15, 0.2) is 18.2 Å². The first-order valence-electron chi connectivity index (χ1n) is 5.79. The zero-order chi connectivity index (χ0) is 12.1. The normalized spacial score (nSPS) is 11.4. The maximum absolute atomic E-state index is 5.98. The minimum absolute atomic E-state index is 0.667. The first kappa shape index (κ1) is 13.3. The summed E-state index contributed by atoms with van der Waals surface area (Å²) < 4.78 is 0. The molecule has 0 saturated carbocycles. The van der Waals surface area contributed by atoms with Gasteiger partial charge in [-0.25, -0.2) is 0 Å². The van der Waals surface area contributed by atoms with Crippen molar-refractivity contribution in [1.29, 1.82) is 0 Å². The van der Waals surface area contributed by atoms with Crippen LogP contribution in [-0.2, 0) is 6.54 Å². The Hall–Kier alpha value is -0.730. The maximum atomic E-state index is 5.98. The van der Waals surface area contributed by atoms with Crippen molar-refractivity contribution < 1.29 is 0 Å². The lowest BCUT2D eigenvalue weighted by atomic mass is 10.1. The fourth-order valence-corrected chi connectivity index (χ4v) is 1.97. The molecule has 90 valence electrons. The first-order chi connectivity index (χ1) is 7.52. The van der Waals surface area contributed by atoms with Crippen LogP contribution in [0.5, 0.6) is 0 Å². The summed E-state index contributed by atoms with van der Waals surface area (Å²) in [6, 6.07) is 5.67. The van der Waals surface area contributed by atoms with Gasteiger partial charge >= 0.3 is 0 Å². The van der Waals surface area contributed by atoms with Crippen molar-refractivity contribution in [2.75, 3.05) is 18.8 Å². The van der Waals surface area contributed by atoms with Crippen LogP contribution in [0.2, 0.25) is 5.02 Å². The third-order valence-electron chi connectivity index (χ3n) is 2.57. The van der Waals surface area contributed by atoms with E-state index in [1.807, 2.05) is 18.2 Å². The van der Waals surface area contributed by atoms with Crippen molar-refractivity contribution in [1.82, 2.24) is 4.90 Å². The van der Waals surface area contributed by atoms with Gasteiger partial charge in [0.1, 0.15) is 0 Å². The molecule has 0 unspecified atom stereocenters. The van der Waals surface area contributed by atoms with Crippen molar-refractivity contribution in [3.8, 4) is 0 Å². The summed E-state index contributed by atoms with van der Waals surface area (Å²) in [5, 5.41) is 0.754. The Balaban J connectivity index is 2.73. The number of nitrogens with two attached hydrogens (primary N) is 1. The molecule has 1 aromatic carbocycles. The van der Waals surface area contributed by atoms with E-state index in [-0.39, 0.29) is 0 Å². The molecule has 0 atom stereocenters. The van der Waals surface area contributed by atoms with E-state index in [9.17, 15) is 0 Å². The summed E-state index contributed by atoms with van der Waals surface area (Å²) in [7, 11) is 0.